The molecule has 6 rings (SSSR count). The normalized spacial score (nSPS) is 22.9. The molecule has 8 nitrogen and oxygen atoms in total. The standard InChI is InChI=1S/C31H32N4O4/c1-3-31(4-2)29(38)35(25(19-39-31)20-9-6-5-7-10-20)18-26(36)33-23-13-12-21-16-30(17-22(21)15-23)24-11-8-14-32-27(24)34-28(30)37/h5-15,25H,3-4,16-19H2,1-2H3,(H,33,36)(H,32,34,37)/t25-,30+/m0/s1. The maximum absolute atomic E-state index is 13.7. The van der Waals surface area contributed by atoms with Gasteiger partial charge in [-0.2, -0.15) is 0 Å². The molecule has 3 amide bonds. The van der Waals surface area contributed by atoms with E-state index in [0.717, 1.165) is 22.3 Å². The van der Waals surface area contributed by atoms with E-state index in [0.29, 0.717) is 43.8 Å². The number of carbonyl (C=O) groups excluding carboxylic acids is 3. The first-order valence-corrected chi connectivity index (χ1v) is 13.6. The minimum atomic E-state index is -0.916. The molecule has 1 fully saturated rings. The molecule has 2 atom stereocenters. The van der Waals surface area contributed by atoms with Crippen LogP contribution in [-0.2, 0) is 37.4 Å². The number of ether oxygens (including phenoxy) is 1. The van der Waals surface area contributed by atoms with Crippen molar-refractivity contribution in [3.63, 3.8) is 0 Å². The van der Waals surface area contributed by atoms with Gasteiger partial charge in [0.25, 0.3) is 5.91 Å². The molecule has 8 heteroatoms. The average Bonchev–Trinajstić information content (AvgIpc) is 3.47. The SMILES string of the molecule is CCC1(CC)OC[C@@H](c2ccccc2)N(CC(=O)Nc2ccc3c(c2)C[C@@]2(C3)C(=O)Nc3ncccc32)C1=O. The first-order valence-electron chi connectivity index (χ1n) is 13.6. The molecule has 1 saturated heterocycles. The predicted molar refractivity (Wildman–Crippen MR) is 147 cm³/mol. The number of hydrogen-bond donors (Lipinski definition) is 2. The van der Waals surface area contributed by atoms with Crippen molar-refractivity contribution in [3.05, 3.63) is 89.1 Å². The molecule has 2 N–H and O–H groups in total. The number of fused-ring (bicyclic) bond motifs is 3. The Morgan fingerprint density at radius 3 is 2.59 bits per heavy atom. The molecule has 1 aromatic heterocycles. The fourth-order valence-corrected chi connectivity index (χ4v) is 6.38. The number of amides is 3. The number of rotatable bonds is 6. The first-order chi connectivity index (χ1) is 18.9. The first kappa shape index (κ1) is 25.2. The summed E-state index contributed by atoms with van der Waals surface area (Å²) in [4.78, 5) is 46.0. The van der Waals surface area contributed by atoms with Crippen LogP contribution in [0.1, 0.15) is 55.0 Å². The topological polar surface area (TPSA) is 101 Å². The zero-order chi connectivity index (χ0) is 27.2. The second-order valence-corrected chi connectivity index (χ2v) is 10.7. The Bertz CT molecular complexity index is 1450. The van der Waals surface area contributed by atoms with Gasteiger partial charge in [0.05, 0.1) is 18.1 Å². The molecule has 1 aliphatic carbocycles. The average molecular weight is 525 g/mol. The molecule has 0 unspecified atom stereocenters. The number of hydrogen-bond acceptors (Lipinski definition) is 5. The van der Waals surface area contributed by atoms with Crippen molar-refractivity contribution in [2.24, 2.45) is 0 Å². The van der Waals surface area contributed by atoms with E-state index in [1.807, 2.05) is 74.5 Å². The number of aromatic nitrogens is 1. The highest BCUT2D eigenvalue weighted by atomic mass is 16.5. The summed E-state index contributed by atoms with van der Waals surface area (Å²) in [7, 11) is 0. The molecule has 39 heavy (non-hydrogen) atoms. The Labute approximate surface area is 227 Å². The van der Waals surface area contributed by atoms with Crippen molar-refractivity contribution in [1.82, 2.24) is 9.88 Å². The lowest BCUT2D eigenvalue weighted by molar-refractivity contribution is -0.182. The maximum atomic E-state index is 13.7. The van der Waals surface area contributed by atoms with Gasteiger partial charge in [-0.05, 0) is 60.6 Å². The van der Waals surface area contributed by atoms with Crippen molar-refractivity contribution in [2.45, 2.75) is 56.6 Å². The number of nitrogens with zero attached hydrogens (tertiary/aromatic N) is 2. The van der Waals surface area contributed by atoms with Gasteiger partial charge in [0.15, 0.2) is 0 Å². The lowest BCUT2D eigenvalue weighted by Gasteiger charge is -2.45. The van der Waals surface area contributed by atoms with Crippen LogP contribution in [0, 0.1) is 0 Å². The summed E-state index contributed by atoms with van der Waals surface area (Å²) < 4.78 is 6.14. The molecule has 2 aliphatic heterocycles. The van der Waals surface area contributed by atoms with Gasteiger partial charge < -0.3 is 20.3 Å². The Morgan fingerprint density at radius 2 is 1.82 bits per heavy atom. The van der Waals surface area contributed by atoms with E-state index in [1.165, 1.54) is 0 Å². The summed E-state index contributed by atoms with van der Waals surface area (Å²) in [5.41, 5.74) is 3.04. The molecule has 3 aromatic rings. The third-order valence-corrected chi connectivity index (χ3v) is 8.65. The van der Waals surface area contributed by atoms with E-state index < -0.39 is 11.0 Å². The fourth-order valence-electron chi connectivity index (χ4n) is 6.38. The highest BCUT2D eigenvalue weighted by Crippen LogP contribution is 2.47. The van der Waals surface area contributed by atoms with E-state index in [1.54, 1.807) is 11.1 Å². The summed E-state index contributed by atoms with van der Waals surface area (Å²) in [6, 6.07) is 19.0. The van der Waals surface area contributed by atoms with Gasteiger partial charge in [0.2, 0.25) is 11.8 Å². The largest absolute Gasteiger partial charge is 0.363 e. The second-order valence-electron chi connectivity index (χ2n) is 10.7. The lowest BCUT2D eigenvalue weighted by Crippen LogP contribution is -2.58. The van der Waals surface area contributed by atoms with Gasteiger partial charge in [-0.1, -0.05) is 56.3 Å². The number of nitrogens with one attached hydrogen (secondary N) is 2. The minimum absolute atomic E-state index is 0.0360. The molecule has 0 saturated carbocycles. The number of morpholine rings is 1. The minimum Gasteiger partial charge on any atom is -0.363 e. The van der Waals surface area contributed by atoms with Crippen LogP contribution in [0.3, 0.4) is 0 Å². The van der Waals surface area contributed by atoms with Crippen LogP contribution in [0.25, 0.3) is 0 Å². The van der Waals surface area contributed by atoms with Crippen LogP contribution >= 0.6 is 0 Å². The monoisotopic (exact) mass is 524 g/mol. The number of benzene rings is 2. The van der Waals surface area contributed by atoms with E-state index >= 15 is 0 Å². The van der Waals surface area contributed by atoms with Crippen LogP contribution in [0.15, 0.2) is 66.9 Å². The van der Waals surface area contributed by atoms with Crippen molar-refractivity contribution in [1.29, 1.82) is 0 Å². The summed E-state index contributed by atoms with van der Waals surface area (Å²) in [5.74, 6) is 0.166. The van der Waals surface area contributed by atoms with Gasteiger partial charge >= 0.3 is 0 Å². The Hall–Kier alpha value is -4.04. The molecular weight excluding hydrogens is 492 g/mol. The molecule has 0 radical (unpaired) electrons. The quantitative estimate of drug-likeness (QED) is 0.504. The molecular formula is C31H32N4O4. The summed E-state index contributed by atoms with van der Waals surface area (Å²) in [6.45, 7) is 4.15. The fraction of sp³-hybridized carbons (Fsp3) is 0.355. The van der Waals surface area contributed by atoms with Crippen LogP contribution in [0.4, 0.5) is 11.5 Å². The molecule has 1 spiro atoms. The molecule has 3 heterocycles. The Balaban J connectivity index is 1.22. The predicted octanol–water partition coefficient (Wildman–Crippen LogP) is 4.17. The highest BCUT2D eigenvalue weighted by Gasteiger charge is 2.51. The van der Waals surface area contributed by atoms with E-state index in [-0.39, 0.29) is 30.3 Å². The number of pyridine rings is 1. The van der Waals surface area contributed by atoms with Gasteiger partial charge in [-0.15, -0.1) is 0 Å². The van der Waals surface area contributed by atoms with Gasteiger partial charge in [-0.25, -0.2) is 4.98 Å². The van der Waals surface area contributed by atoms with Crippen molar-refractivity contribution < 1.29 is 19.1 Å². The third kappa shape index (κ3) is 4.10. The van der Waals surface area contributed by atoms with Crippen molar-refractivity contribution >= 4 is 29.2 Å². The number of anilines is 2. The van der Waals surface area contributed by atoms with Gasteiger partial charge in [-0.3, -0.25) is 14.4 Å². The van der Waals surface area contributed by atoms with Gasteiger partial charge in [0.1, 0.15) is 18.0 Å². The molecule has 2 aromatic carbocycles. The van der Waals surface area contributed by atoms with E-state index in [4.69, 9.17) is 4.74 Å². The lowest BCUT2D eigenvalue weighted by atomic mass is 9.79. The Morgan fingerprint density at radius 1 is 1.05 bits per heavy atom. The van der Waals surface area contributed by atoms with Crippen LogP contribution in [0.5, 0.6) is 0 Å². The zero-order valence-electron chi connectivity index (χ0n) is 22.2. The summed E-state index contributed by atoms with van der Waals surface area (Å²) in [6.07, 6.45) is 3.91. The maximum Gasteiger partial charge on any atom is 0.255 e. The molecule has 200 valence electrons. The molecule has 3 aliphatic rings. The summed E-state index contributed by atoms with van der Waals surface area (Å²) >= 11 is 0. The third-order valence-electron chi connectivity index (χ3n) is 8.65. The van der Waals surface area contributed by atoms with Crippen LogP contribution in [0.2, 0.25) is 0 Å². The van der Waals surface area contributed by atoms with E-state index in [9.17, 15) is 14.4 Å². The zero-order valence-corrected chi connectivity index (χ0v) is 22.2. The van der Waals surface area contributed by atoms with E-state index in [2.05, 4.69) is 15.6 Å². The smallest absolute Gasteiger partial charge is 0.255 e. The van der Waals surface area contributed by atoms with Crippen molar-refractivity contribution in [2.75, 3.05) is 23.8 Å². The molecule has 0 bridgehead atoms. The Kier molecular flexibility index (Phi) is 6.22. The van der Waals surface area contributed by atoms with Gasteiger partial charge in [0, 0.05) is 17.4 Å². The van der Waals surface area contributed by atoms with Crippen LogP contribution in [-0.4, -0.2) is 46.4 Å². The van der Waals surface area contributed by atoms with Crippen molar-refractivity contribution in [3.8, 4) is 0 Å². The highest BCUT2D eigenvalue weighted by molar-refractivity contribution is 6.06. The summed E-state index contributed by atoms with van der Waals surface area (Å²) in [5, 5.41) is 5.93. The number of carbonyl (C=O) groups is 3. The van der Waals surface area contributed by atoms with Crippen LogP contribution < -0.4 is 10.6 Å². The second kappa shape index (κ2) is 9.61.